The number of fused-ring (bicyclic) bond motifs is 1. The lowest BCUT2D eigenvalue weighted by Crippen LogP contribution is -2.47. The van der Waals surface area contributed by atoms with Gasteiger partial charge in [0.2, 0.25) is 5.88 Å². The number of ether oxygens (including phenoxy) is 1. The van der Waals surface area contributed by atoms with Gasteiger partial charge in [-0.15, -0.1) is 5.10 Å². The molecule has 13 heteroatoms. The number of hydrogen-bond donors (Lipinski definition) is 4. The number of anilines is 1. The lowest BCUT2D eigenvalue weighted by atomic mass is 10.0. The molecule has 3 aromatic rings. The van der Waals surface area contributed by atoms with Crippen molar-refractivity contribution in [2.45, 2.75) is 57.1 Å². The average Bonchev–Trinajstić information content (AvgIpc) is 3.55. The monoisotopic (exact) mass is 539 g/mol. The zero-order valence-electron chi connectivity index (χ0n) is 21.1. The van der Waals surface area contributed by atoms with E-state index in [1.807, 2.05) is 0 Å². The minimum atomic E-state index is -4.69. The molecule has 0 aliphatic heterocycles. The van der Waals surface area contributed by atoms with Crippen molar-refractivity contribution in [3.8, 4) is 17.1 Å². The lowest BCUT2D eigenvalue weighted by molar-refractivity contribution is -0.236. The van der Waals surface area contributed by atoms with E-state index in [-0.39, 0.29) is 29.8 Å². The lowest BCUT2D eigenvalue weighted by Gasteiger charge is -2.24. The van der Waals surface area contributed by atoms with Gasteiger partial charge < -0.3 is 25.6 Å². The fourth-order valence-electron chi connectivity index (χ4n) is 3.61. The molecule has 1 saturated carbocycles. The predicted molar refractivity (Wildman–Crippen MR) is 131 cm³/mol. The second-order valence-electron chi connectivity index (χ2n) is 10.1. The highest BCUT2D eigenvalue weighted by Crippen LogP contribution is 2.35. The van der Waals surface area contributed by atoms with E-state index >= 15 is 0 Å². The second-order valence-corrected chi connectivity index (χ2v) is 10.1. The van der Waals surface area contributed by atoms with E-state index in [4.69, 9.17) is 9.84 Å². The van der Waals surface area contributed by atoms with Gasteiger partial charge in [-0.1, -0.05) is 6.07 Å². The summed E-state index contributed by atoms with van der Waals surface area (Å²) in [6.45, 7) is 1.13. The molecule has 0 spiro atoms. The molecule has 1 amide bonds. The van der Waals surface area contributed by atoms with E-state index in [9.17, 15) is 27.5 Å². The summed E-state index contributed by atoms with van der Waals surface area (Å²) in [5.74, 6) is -9.95. The number of nitrogens with zero attached hydrogens (tertiary/aromatic N) is 3. The average molecular weight is 540 g/mol. The summed E-state index contributed by atoms with van der Waals surface area (Å²) in [6, 6.07) is 6.50. The van der Waals surface area contributed by atoms with Gasteiger partial charge in [0.15, 0.2) is 12.3 Å². The molecule has 1 aliphatic rings. The number of aliphatic hydroxyl groups excluding tert-OH is 1. The predicted octanol–water partition coefficient (Wildman–Crippen LogP) is 3.42. The van der Waals surface area contributed by atoms with Gasteiger partial charge in [0.05, 0.1) is 23.2 Å². The Balaban J connectivity index is 1.70. The van der Waals surface area contributed by atoms with Crippen LogP contribution in [-0.2, 0) is 0 Å². The molecule has 38 heavy (non-hydrogen) atoms. The number of halogens is 4. The number of hydrogen-bond acceptors (Lipinski definition) is 7. The van der Waals surface area contributed by atoms with Crippen molar-refractivity contribution in [2.24, 2.45) is 0 Å². The van der Waals surface area contributed by atoms with Crippen molar-refractivity contribution in [3.05, 3.63) is 41.6 Å². The van der Waals surface area contributed by atoms with Crippen LogP contribution in [0.3, 0.4) is 0 Å². The van der Waals surface area contributed by atoms with Gasteiger partial charge >= 0.3 is 11.8 Å². The van der Waals surface area contributed by atoms with Gasteiger partial charge in [0.1, 0.15) is 6.61 Å². The van der Waals surface area contributed by atoms with Gasteiger partial charge in [-0.2, -0.15) is 17.6 Å². The minimum absolute atomic E-state index is 0.0387. The molecule has 4 rings (SSSR count). The van der Waals surface area contributed by atoms with E-state index in [0.29, 0.717) is 22.4 Å². The number of rotatable bonds is 11. The van der Waals surface area contributed by atoms with Gasteiger partial charge in [-0.05, 0) is 51.3 Å². The summed E-state index contributed by atoms with van der Waals surface area (Å²) in [5, 5.41) is 28.8. The molecule has 4 N–H and O–H groups in total. The summed E-state index contributed by atoms with van der Waals surface area (Å²) in [5.41, 5.74) is 1.57. The van der Waals surface area contributed by atoms with Crippen LogP contribution >= 0.6 is 0 Å². The molecule has 9 nitrogen and oxygen atoms in total. The molecule has 0 unspecified atom stereocenters. The first kappa shape index (κ1) is 27.6. The molecule has 0 radical (unpaired) electrons. The molecule has 1 aromatic carbocycles. The number of aryl methyl sites for hydroxylation is 1. The van der Waals surface area contributed by atoms with Crippen molar-refractivity contribution in [1.82, 2.24) is 19.9 Å². The van der Waals surface area contributed by atoms with Crippen LogP contribution in [0.4, 0.5) is 23.2 Å². The maximum Gasteiger partial charge on any atom is 0.345 e. The van der Waals surface area contributed by atoms with Gasteiger partial charge in [-0.3, -0.25) is 4.79 Å². The van der Waals surface area contributed by atoms with Gasteiger partial charge in [0.25, 0.3) is 5.91 Å². The standard InChI is InChI=1S/C25H29F4N5O4/c1-14-8-15(4-7-17(14)22(36)32-16-5-6-16)19-10-30-21-18(31-11-23(2,3)37)9-20(33-34(19)21)38-13-25(28,29)24(26,27)12-35/h4,7-10,16,31,35,37H,5-6,11-13H2,1-3H3,(H,32,36). The Morgan fingerprint density at radius 2 is 1.89 bits per heavy atom. The Kier molecular flexibility index (Phi) is 7.28. The van der Waals surface area contributed by atoms with Crippen molar-refractivity contribution in [1.29, 1.82) is 0 Å². The van der Waals surface area contributed by atoms with Gasteiger partial charge in [0, 0.05) is 29.8 Å². The molecule has 0 saturated heterocycles. The topological polar surface area (TPSA) is 121 Å². The number of nitrogens with one attached hydrogen (secondary N) is 2. The molecule has 2 heterocycles. The molecule has 0 atom stereocenters. The highest BCUT2D eigenvalue weighted by atomic mass is 19.3. The number of aliphatic hydroxyl groups is 2. The summed E-state index contributed by atoms with van der Waals surface area (Å²) < 4.78 is 61.1. The fraction of sp³-hybridized carbons (Fsp3) is 0.480. The minimum Gasteiger partial charge on any atom is -0.470 e. The van der Waals surface area contributed by atoms with Crippen LogP contribution in [0.1, 0.15) is 42.6 Å². The summed E-state index contributed by atoms with van der Waals surface area (Å²) in [7, 11) is 0. The number of amides is 1. The first-order valence-corrected chi connectivity index (χ1v) is 12.0. The Hall–Kier alpha value is -3.45. The Labute approximate surface area is 215 Å². The maximum atomic E-state index is 14.0. The number of alkyl halides is 4. The molecule has 1 aliphatic carbocycles. The number of benzene rings is 1. The summed E-state index contributed by atoms with van der Waals surface area (Å²) >= 11 is 0. The van der Waals surface area contributed by atoms with Crippen molar-refractivity contribution in [2.75, 3.05) is 25.1 Å². The highest BCUT2D eigenvalue weighted by molar-refractivity contribution is 5.96. The van der Waals surface area contributed by atoms with E-state index in [2.05, 4.69) is 20.7 Å². The molecule has 2 aromatic heterocycles. The van der Waals surface area contributed by atoms with Crippen LogP contribution < -0.4 is 15.4 Å². The van der Waals surface area contributed by atoms with E-state index < -0.39 is 36.5 Å². The highest BCUT2D eigenvalue weighted by Gasteiger charge is 2.56. The fourth-order valence-corrected chi connectivity index (χ4v) is 3.61. The van der Waals surface area contributed by atoms with E-state index in [1.165, 1.54) is 16.8 Å². The summed E-state index contributed by atoms with van der Waals surface area (Å²) in [4.78, 5) is 16.9. The molecule has 206 valence electrons. The van der Waals surface area contributed by atoms with E-state index in [0.717, 1.165) is 12.8 Å². The zero-order valence-corrected chi connectivity index (χ0v) is 21.1. The first-order chi connectivity index (χ1) is 17.7. The first-order valence-electron chi connectivity index (χ1n) is 12.0. The number of aromatic nitrogens is 3. The van der Waals surface area contributed by atoms with Crippen LogP contribution in [0.15, 0.2) is 30.5 Å². The Bertz CT molecular complexity index is 1340. The summed E-state index contributed by atoms with van der Waals surface area (Å²) in [6.07, 6.45) is 3.39. The zero-order chi connectivity index (χ0) is 27.9. The molecular weight excluding hydrogens is 510 g/mol. The largest absolute Gasteiger partial charge is 0.470 e. The normalized spacial score (nSPS) is 14.6. The number of carbonyl (C=O) groups excluding carboxylic acids is 1. The molecule has 1 fully saturated rings. The third-order valence-electron chi connectivity index (χ3n) is 5.97. The van der Waals surface area contributed by atoms with Crippen molar-refractivity contribution < 1.29 is 37.3 Å². The van der Waals surface area contributed by atoms with Crippen LogP contribution in [0, 0.1) is 6.92 Å². The van der Waals surface area contributed by atoms with Gasteiger partial charge in [-0.25, -0.2) is 9.50 Å². The third-order valence-corrected chi connectivity index (χ3v) is 5.97. The Morgan fingerprint density at radius 1 is 1.18 bits per heavy atom. The number of carbonyl (C=O) groups is 1. The Morgan fingerprint density at radius 3 is 2.50 bits per heavy atom. The number of imidazole rings is 1. The SMILES string of the molecule is Cc1cc(-c2cnc3c(NCC(C)(C)O)cc(OCC(F)(F)C(F)(F)CO)nn23)ccc1C(=O)NC1CC1. The van der Waals surface area contributed by atoms with Crippen molar-refractivity contribution in [3.63, 3.8) is 0 Å². The van der Waals surface area contributed by atoms with Crippen LogP contribution in [0.25, 0.3) is 16.9 Å². The molecular formula is C25H29F4N5O4. The second kappa shape index (κ2) is 10.0. The van der Waals surface area contributed by atoms with Crippen molar-refractivity contribution >= 4 is 17.2 Å². The maximum absolute atomic E-state index is 14.0. The van der Waals surface area contributed by atoms with Crippen LogP contribution in [0.2, 0.25) is 0 Å². The molecule has 0 bridgehead atoms. The van der Waals surface area contributed by atoms with Crippen LogP contribution in [-0.4, -0.2) is 74.0 Å². The quantitative estimate of drug-likeness (QED) is 0.276. The van der Waals surface area contributed by atoms with Crippen LogP contribution in [0.5, 0.6) is 5.88 Å². The van der Waals surface area contributed by atoms with E-state index in [1.54, 1.807) is 39.0 Å². The third kappa shape index (κ3) is 5.99. The smallest absolute Gasteiger partial charge is 0.345 e.